The fourth-order valence-electron chi connectivity index (χ4n) is 5.18. The molecule has 3 N–H and O–H groups in total. The summed E-state index contributed by atoms with van der Waals surface area (Å²) < 4.78 is 22.6. The van der Waals surface area contributed by atoms with Crippen LogP contribution >= 0.6 is 0 Å². The lowest BCUT2D eigenvalue weighted by molar-refractivity contribution is 0.0689. The van der Waals surface area contributed by atoms with E-state index in [1.54, 1.807) is 55.4 Å². The van der Waals surface area contributed by atoms with Gasteiger partial charge in [-0.25, -0.2) is 14.4 Å². The molecule has 3 aromatic carbocycles. The third-order valence-electron chi connectivity index (χ3n) is 8.03. The second-order valence-corrected chi connectivity index (χ2v) is 10.3. The molecule has 0 amide bonds. The number of ether oxygens (including phenoxy) is 4. The van der Waals surface area contributed by atoms with Gasteiger partial charge in [-0.1, -0.05) is 0 Å². The topological polar surface area (TPSA) is 149 Å². The molecule has 0 unspecified atom stereocenters. The maximum absolute atomic E-state index is 13.7. The molecule has 0 heterocycles. The number of carboxylic acids is 1. The molecule has 0 atom stereocenters. The molecule has 3 aromatic rings. The van der Waals surface area contributed by atoms with Crippen LogP contribution in [0.15, 0.2) is 0 Å². The highest BCUT2D eigenvalue weighted by molar-refractivity contribution is 6.00. The van der Waals surface area contributed by atoms with Gasteiger partial charge in [0.2, 0.25) is 0 Å². The number of aromatic carboxylic acids is 1. The summed E-state index contributed by atoms with van der Waals surface area (Å²) in [5.74, 6) is -2.75. The van der Waals surface area contributed by atoms with Crippen LogP contribution in [0.25, 0.3) is 0 Å². The minimum Gasteiger partial charge on any atom is -0.507 e. The van der Waals surface area contributed by atoms with Crippen molar-refractivity contribution in [3.63, 3.8) is 0 Å². The van der Waals surface area contributed by atoms with Gasteiger partial charge in [-0.3, -0.25) is 0 Å². The Morgan fingerprint density at radius 3 is 1.26 bits per heavy atom. The summed E-state index contributed by atoms with van der Waals surface area (Å²) in [6, 6.07) is 0. The van der Waals surface area contributed by atoms with Crippen LogP contribution in [0.1, 0.15) is 81.1 Å². The molecule has 0 saturated carbocycles. The van der Waals surface area contributed by atoms with Crippen LogP contribution in [0.5, 0.6) is 34.5 Å². The zero-order valence-corrected chi connectivity index (χ0v) is 25.7. The van der Waals surface area contributed by atoms with Crippen molar-refractivity contribution in [1.29, 1.82) is 0 Å². The second-order valence-electron chi connectivity index (χ2n) is 10.3. The molecule has 0 bridgehead atoms. The van der Waals surface area contributed by atoms with E-state index in [9.17, 15) is 29.7 Å². The van der Waals surface area contributed by atoms with Crippen LogP contribution in [0, 0.1) is 62.3 Å². The number of benzene rings is 3. The Bertz CT molecular complexity index is 1630. The summed E-state index contributed by atoms with van der Waals surface area (Å²) in [4.78, 5) is 38.9. The second kappa shape index (κ2) is 11.6. The van der Waals surface area contributed by atoms with Crippen molar-refractivity contribution in [2.24, 2.45) is 0 Å². The molecule has 0 saturated heterocycles. The molecular weight excluding hydrogens is 544 g/mol. The number of methoxy groups -OCH3 is 2. The van der Waals surface area contributed by atoms with E-state index in [1.165, 1.54) is 21.1 Å². The van der Waals surface area contributed by atoms with Gasteiger partial charge in [-0.15, -0.1) is 0 Å². The predicted octanol–water partition coefficient (Wildman–Crippen LogP) is 6.03. The Labute approximate surface area is 244 Å². The van der Waals surface area contributed by atoms with Crippen LogP contribution < -0.4 is 18.9 Å². The molecule has 10 nitrogen and oxygen atoms in total. The van der Waals surface area contributed by atoms with Gasteiger partial charge in [0.15, 0.2) is 0 Å². The predicted molar refractivity (Wildman–Crippen MR) is 155 cm³/mol. The summed E-state index contributed by atoms with van der Waals surface area (Å²) in [5.41, 5.74) is 3.38. The Kier molecular flexibility index (Phi) is 8.81. The summed E-state index contributed by atoms with van der Waals surface area (Å²) in [6.07, 6.45) is 0. The summed E-state index contributed by atoms with van der Waals surface area (Å²) in [5, 5.41) is 30.6. The van der Waals surface area contributed by atoms with Crippen molar-refractivity contribution in [3.8, 4) is 34.5 Å². The molecule has 10 heteroatoms. The molecule has 0 radical (unpaired) electrons. The first-order chi connectivity index (χ1) is 19.5. The third-order valence-corrected chi connectivity index (χ3v) is 8.03. The van der Waals surface area contributed by atoms with Crippen molar-refractivity contribution in [2.75, 3.05) is 14.2 Å². The van der Waals surface area contributed by atoms with Crippen LogP contribution in [-0.2, 0) is 0 Å². The Hall–Kier alpha value is -4.73. The van der Waals surface area contributed by atoms with Crippen molar-refractivity contribution < 1.29 is 48.7 Å². The van der Waals surface area contributed by atoms with Gasteiger partial charge in [0, 0.05) is 16.7 Å². The average molecular weight is 581 g/mol. The number of aromatic hydroxyl groups is 2. The van der Waals surface area contributed by atoms with Gasteiger partial charge < -0.3 is 34.3 Å². The first-order valence-corrected chi connectivity index (χ1v) is 13.1. The van der Waals surface area contributed by atoms with Crippen molar-refractivity contribution in [1.82, 2.24) is 0 Å². The maximum atomic E-state index is 13.7. The summed E-state index contributed by atoms with van der Waals surface area (Å²) >= 11 is 0. The number of phenolic OH excluding ortho intramolecular Hbond substituents is 2. The lowest BCUT2D eigenvalue weighted by atomic mass is 9.95. The summed E-state index contributed by atoms with van der Waals surface area (Å²) in [7, 11) is 2.71. The number of esters is 2. The maximum Gasteiger partial charge on any atom is 0.347 e. The standard InChI is InChI=1S/C32H36O10/c1-12-15(4)24(33)18(7)25(34)21(12)31(37)41-27-17(6)14(3)23(29(40-11)20(27)9)32(38)42-26-16(5)13(2)22(30(35)36)28(39-10)19(26)8/h33-34H,1-11H3,(H,35,36). The van der Waals surface area contributed by atoms with E-state index in [0.29, 0.717) is 44.5 Å². The normalized spacial score (nSPS) is 10.8. The van der Waals surface area contributed by atoms with Crippen LogP contribution in [0.2, 0.25) is 0 Å². The van der Waals surface area contributed by atoms with Gasteiger partial charge in [0.05, 0.1) is 14.2 Å². The van der Waals surface area contributed by atoms with E-state index >= 15 is 0 Å². The number of phenols is 2. The highest BCUT2D eigenvalue weighted by atomic mass is 16.5. The van der Waals surface area contributed by atoms with Crippen molar-refractivity contribution in [2.45, 2.75) is 62.3 Å². The number of carbonyl (C=O) groups is 3. The van der Waals surface area contributed by atoms with E-state index < -0.39 is 17.9 Å². The lowest BCUT2D eigenvalue weighted by Crippen LogP contribution is -2.19. The smallest absolute Gasteiger partial charge is 0.347 e. The third kappa shape index (κ3) is 4.97. The van der Waals surface area contributed by atoms with Gasteiger partial charge >= 0.3 is 17.9 Å². The van der Waals surface area contributed by atoms with Crippen LogP contribution in [0.4, 0.5) is 0 Å². The monoisotopic (exact) mass is 580 g/mol. The molecule has 0 aromatic heterocycles. The average Bonchev–Trinajstić information content (AvgIpc) is 2.94. The zero-order chi connectivity index (χ0) is 32.0. The molecule has 42 heavy (non-hydrogen) atoms. The number of hydrogen-bond acceptors (Lipinski definition) is 9. The highest BCUT2D eigenvalue weighted by Gasteiger charge is 2.31. The van der Waals surface area contributed by atoms with Gasteiger partial charge in [0.1, 0.15) is 51.2 Å². The minimum atomic E-state index is -1.16. The number of carbonyl (C=O) groups excluding carboxylic acids is 2. The highest BCUT2D eigenvalue weighted by Crippen LogP contribution is 2.43. The van der Waals surface area contributed by atoms with Gasteiger partial charge in [-0.2, -0.15) is 0 Å². The zero-order valence-electron chi connectivity index (χ0n) is 25.7. The number of rotatable bonds is 7. The van der Waals surface area contributed by atoms with E-state index in [-0.39, 0.29) is 56.8 Å². The SMILES string of the molecule is COc1c(C)c(OC(=O)c2c(C)c(C)c(OC(=O)c3c(C)c(C)c(O)c(C)c3O)c(C)c2OC)c(C)c(C)c1C(=O)O. The van der Waals surface area contributed by atoms with Crippen molar-refractivity contribution >= 4 is 17.9 Å². The molecular formula is C32H36O10. The minimum absolute atomic E-state index is 0.0146. The van der Waals surface area contributed by atoms with Crippen LogP contribution in [0.3, 0.4) is 0 Å². The molecule has 3 rings (SSSR count). The quantitative estimate of drug-likeness (QED) is 0.223. The molecule has 224 valence electrons. The number of carboxylic acid groups (broad SMARTS) is 1. The lowest BCUT2D eigenvalue weighted by Gasteiger charge is -2.22. The fraction of sp³-hybridized carbons (Fsp3) is 0.344. The first kappa shape index (κ1) is 31.8. The van der Waals surface area contributed by atoms with Crippen molar-refractivity contribution in [3.05, 3.63) is 66.8 Å². The summed E-state index contributed by atoms with van der Waals surface area (Å²) in [6.45, 7) is 14.5. The largest absolute Gasteiger partial charge is 0.507 e. The molecule has 0 aliphatic heterocycles. The van der Waals surface area contributed by atoms with Crippen LogP contribution in [-0.4, -0.2) is 47.4 Å². The van der Waals surface area contributed by atoms with Gasteiger partial charge in [-0.05, 0) is 95.7 Å². The van der Waals surface area contributed by atoms with Gasteiger partial charge in [0.25, 0.3) is 0 Å². The van der Waals surface area contributed by atoms with E-state index in [0.717, 1.165) is 0 Å². The van der Waals surface area contributed by atoms with E-state index in [2.05, 4.69) is 0 Å². The Balaban J connectivity index is 2.14. The molecule has 0 aliphatic carbocycles. The number of hydrogen-bond donors (Lipinski definition) is 3. The molecule has 0 spiro atoms. The molecule has 0 fully saturated rings. The van der Waals surface area contributed by atoms with E-state index in [1.807, 2.05) is 0 Å². The molecule has 0 aliphatic rings. The Morgan fingerprint density at radius 2 is 0.833 bits per heavy atom. The van der Waals surface area contributed by atoms with E-state index in [4.69, 9.17) is 18.9 Å². The Morgan fingerprint density at radius 1 is 0.452 bits per heavy atom. The fourth-order valence-corrected chi connectivity index (χ4v) is 5.18. The first-order valence-electron chi connectivity index (χ1n) is 13.1.